The number of hydrogen-bond acceptors (Lipinski definition) is 6. The van der Waals surface area contributed by atoms with Crippen molar-refractivity contribution in [3.63, 3.8) is 0 Å². The molecule has 2 aromatic carbocycles. The average molecular weight is 536 g/mol. The quantitative estimate of drug-likeness (QED) is 0.333. The number of aliphatic hydroxyl groups is 1. The van der Waals surface area contributed by atoms with E-state index in [1.54, 1.807) is 24.4 Å². The minimum absolute atomic E-state index is 0.0100. The van der Waals surface area contributed by atoms with Crippen molar-refractivity contribution in [2.24, 2.45) is 0 Å². The number of carbonyl (C=O) groups is 1. The molecule has 8 heteroatoms. The molecule has 1 amide bonds. The Balaban J connectivity index is 1.16. The van der Waals surface area contributed by atoms with E-state index < -0.39 is 5.56 Å². The topological polar surface area (TPSA) is 102 Å². The molecule has 0 radical (unpaired) electrons. The fourth-order valence-electron chi connectivity index (χ4n) is 5.77. The number of fused-ring (bicyclic) bond motifs is 1. The number of carbonyl (C=O) groups excluding carboxylic acids is 1. The highest BCUT2D eigenvalue weighted by Crippen LogP contribution is 2.33. The van der Waals surface area contributed by atoms with Gasteiger partial charge in [0.25, 0.3) is 11.5 Å². The third-order valence-corrected chi connectivity index (χ3v) is 8.06. The van der Waals surface area contributed by atoms with E-state index in [1.807, 2.05) is 35.2 Å². The lowest BCUT2D eigenvalue weighted by Crippen LogP contribution is -2.49. The van der Waals surface area contributed by atoms with Gasteiger partial charge in [-0.25, -0.2) is 9.97 Å². The Morgan fingerprint density at radius 1 is 0.925 bits per heavy atom. The van der Waals surface area contributed by atoms with Crippen LogP contribution in [0.1, 0.15) is 65.2 Å². The van der Waals surface area contributed by atoms with Gasteiger partial charge in [-0.05, 0) is 54.7 Å². The number of H-pyrrole nitrogens is 1. The number of amides is 1. The molecule has 0 bridgehead atoms. The predicted molar refractivity (Wildman–Crippen MR) is 157 cm³/mol. The van der Waals surface area contributed by atoms with Crippen molar-refractivity contribution in [1.29, 1.82) is 0 Å². The van der Waals surface area contributed by atoms with Gasteiger partial charge in [0.05, 0.1) is 11.0 Å². The lowest BCUT2D eigenvalue weighted by molar-refractivity contribution is 0.0746. The second-order valence-corrected chi connectivity index (χ2v) is 10.6. The summed E-state index contributed by atoms with van der Waals surface area (Å²) in [4.78, 5) is 41.7. The van der Waals surface area contributed by atoms with Crippen LogP contribution in [0, 0.1) is 0 Å². The monoisotopic (exact) mass is 535 g/mol. The van der Waals surface area contributed by atoms with Crippen LogP contribution in [-0.4, -0.2) is 57.0 Å². The molecule has 8 nitrogen and oxygen atoms in total. The lowest BCUT2D eigenvalue weighted by atomic mass is 9.84. The standard InChI is InChI=1S/C32H33N5O3/c38-29(24-11-9-23(10-12-24)22-6-2-1-3-7-22)21-28-31(39)35-27-20-25(13-14-26(27)34-28)32(40)37-18-16-36(17-19-37)30-8-4-5-15-33-30/h4-5,8-15,20-22,38H,1-3,6-7,16-19H2,(H,35,39). The van der Waals surface area contributed by atoms with E-state index in [1.165, 1.54) is 43.7 Å². The van der Waals surface area contributed by atoms with Crippen LogP contribution < -0.4 is 10.5 Å². The first kappa shape index (κ1) is 25.8. The van der Waals surface area contributed by atoms with Crippen molar-refractivity contribution in [2.45, 2.75) is 38.0 Å². The highest BCUT2D eigenvalue weighted by Gasteiger charge is 2.23. The third kappa shape index (κ3) is 5.47. The van der Waals surface area contributed by atoms with Gasteiger partial charge in [-0.3, -0.25) is 9.59 Å². The molecule has 1 aliphatic carbocycles. The van der Waals surface area contributed by atoms with Crippen LogP contribution in [0.5, 0.6) is 0 Å². The molecule has 2 fully saturated rings. The molecule has 0 spiro atoms. The van der Waals surface area contributed by atoms with Crippen LogP contribution in [-0.2, 0) is 0 Å². The van der Waals surface area contributed by atoms with Crippen LogP contribution in [0.2, 0.25) is 0 Å². The number of pyridine rings is 1. The number of aromatic nitrogens is 3. The minimum atomic E-state index is -0.425. The number of anilines is 1. The zero-order chi connectivity index (χ0) is 27.5. The highest BCUT2D eigenvalue weighted by molar-refractivity contribution is 5.97. The molecular formula is C32H33N5O3. The van der Waals surface area contributed by atoms with Gasteiger partial charge in [-0.15, -0.1) is 0 Å². The van der Waals surface area contributed by atoms with Gasteiger partial charge in [-0.1, -0.05) is 49.6 Å². The summed E-state index contributed by atoms with van der Waals surface area (Å²) in [6.07, 6.45) is 9.46. The zero-order valence-corrected chi connectivity index (χ0v) is 22.4. The Morgan fingerprint density at radius 2 is 1.68 bits per heavy atom. The summed E-state index contributed by atoms with van der Waals surface area (Å²) in [6, 6.07) is 18.9. The van der Waals surface area contributed by atoms with Gasteiger partial charge < -0.3 is 19.9 Å². The lowest BCUT2D eigenvalue weighted by Gasteiger charge is -2.35. The molecule has 6 rings (SSSR count). The SMILES string of the molecule is O=C(c1ccc2nc(C=C(O)c3ccc(C4CCCCC4)cc3)c(=O)[nH]c2c1)N1CCN(c2ccccn2)CC1. The molecule has 1 saturated carbocycles. The maximum atomic E-state index is 13.2. The molecule has 0 atom stereocenters. The van der Waals surface area contributed by atoms with Gasteiger partial charge in [0.2, 0.25) is 0 Å². The minimum Gasteiger partial charge on any atom is -0.507 e. The smallest absolute Gasteiger partial charge is 0.274 e. The number of rotatable bonds is 5. The maximum absolute atomic E-state index is 13.2. The maximum Gasteiger partial charge on any atom is 0.274 e. The summed E-state index contributed by atoms with van der Waals surface area (Å²) in [5.74, 6) is 1.41. The van der Waals surface area contributed by atoms with Crippen molar-refractivity contribution in [2.75, 3.05) is 31.1 Å². The molecule has 2 N–H and O–H groups in total. The second-order valence-electron chi connectivity index (χ2n) is 10.6. The number of nitrogens with zero attached hydrogens (tertiary/aromatic N) is 4. The number of aliphatic hydroxyl groups excluding tert-OH is 1. The van der Waals surface area contributed by atoms with Crippen LogP contribution in [0.15, 0.2) is 71.7 Å². The fourth-order valence-corrected chi connectivity index (χ4v) is 5.77. The summed E-state index contributed by atoms with van der Waals surface area (Å²) in [6.45, 7) is 2.59. The van der Waals surface area contributed by atoms with E-state index in [0.29, 0.717) is 54.3 Å². The fraction of sp³-hybridized carbons (Fsp3) is 0.312. The van der Waals surface area contributed by atoms with Crippen LogP contribution >= 0.6 is 0 Å². The Morgan fingerprint density at radius 3 is 2.40 bits per heavy atom. The highest BCUT2D eigenvalue weighted by atomic mass is 16.3. The molecule has 2 aromatic heterocycles. The third-order valence-electron chi connectivity index (χ3n) is 8.06. The second kappa shape index (κ2) is 11.3. The Labute approximate surface area is 233 Å². The molecule has 40 heavy (non-hydrogen) atoms. The van der Waals surface area contributed by atoms with Gasteiger partial charge >= 0.3 is 0 Å². The molecule has 4 aromatic rings. The molecule has 1 aliphatic heterocycles. The van der Waals surface area contributed by atoms with Gasteiger partial charge in [0, 0.05) is 49.6 Å². The zero-order valence-electron chi connectivity index (χ0n) is 22.4. The number of nitrogens with one attached hydrogen (secondary N) is 1. The number of benzene rings is 2. The number of piperazine rings is 1. The average Bonchev–Trinajstić information content (AvgIpc) is 3.02. The first-order valence-electron chi connectivity index (χ1n) is 14.1. The molecule has 2 aliphatic rings. The van der Waals surface area contributed by atoms with E-state index in [-0.39, 0.29) is 17.4 Å². The molecule has 1 saturated heterocycles. The normalized spacial score (nSPS) is 16.9. The predicted octanol–water partition coefficient (Wildman–Crippen LogP) is 5.38. The van der Waals surface area contributed by atoms with Crippen molar-refractivity contribution < 1.29 is 9.90 Å². The van der Waals surface area contributed by atoms with Gasteiger partial charge in [0.1, 0.15) is 17.3 Å². The van der Waals surface area contributed by atoms with Crippen LogP contribution in [0.4, 0.5) is 5.82 Å². The first-order valence-corrected chi connectivity index (χ1v) is 14.1. The molecule has 204 valence electrons. The van der Waals surface area contributed by atoms with Crippen molar-refractivity contribution in [3.8, 4) is 0 Å². The number of hydrogen-bond donors (Lipinski definition) is 2. The summed E-state index contributed by atoms with van der Waals surface area (Å²) in [5.41, 5.74) is 3.17. The molecule has 3 heterocycles. The first-order chi connectivity index (χ1) is 19.5. The van der Waals surface area contributed by atoms with E-state index >= 15 is 0 Å². The summed E-state index contributed by atoms with van der Waals surface area (Å²) in [7, 11) is 0. The van der Waals surface area contributed by atoms with Crippen LogP contribution in [0.25, 0.3) is 22.9 Å². The Hall–Kier alpha value is -4.46. The van der Waals surface area contributed by atoms with Crippen molar-refractivity contribution >= 4 is 34.6 Å². The molecule has 0 unspecified atom stereocenters. The van der Waals surface area contributed by atoms with E-state index in [9.17, 15) is 14.7 Å². The van der Waals surface area contributed by atoms with Crippen molar-refractivity contribution in [3.05, 3.63) is 99.6 Å². The van der Waals surface area contributed by atoms with Crippen LogP contribution in [0.3, 0.4) is 0 Å². The van der Waals surface area contributed by atoms with E-state index in [4.69, 9.17) is 0 Å². The Bertz CT molecular complexity index is 1580. The van der Waals surface area contributed by atoms with E-state index in [2.05, 4.69) is 32.0 Å². The van der Waals surface area contributed by atoms with Gasteiger partial charge in [0.15, 0.2) is 0 Å². The van der Waals surface area contributed by atoms with Gasteiger partial charge in [-0.2, -0.15) is 0 Å². The van der Waals surface area contributed by atoms with E-state index in [0.717, 1.165) is 5.82 Å². The summed E-state index contributed by atoms with van der Waals surface area (Å²) >= 11 is 0. The Kier molecular flexibility index (Phi) is 7.31. The largest absolute Gasteiger partial charge is 0.507 e. The van der Waals surface area contributed by atoms with Crippen molar-refractivity contribution in [1.82, 2.24) is 19.9 Å². The summed E-state index contributed by atoms with van der Waals surface area (Å²) < 4.78 is 0. The molecular weight excluding hydrogens is 502 g/mol. The summed E-state index contributed by atoms with van der Waals surface area (Å²) in [5, 5.41) is 10.7. The number of aromatic amines is 1.